The lowest BCUT2D eigenvalue weighted by Gasteiger charge is -2.38. The van der Waals surface area contributed by atoms with E-state index in [4.69, 9.17) is 9.16 Å². The van der Waals surface area contributed by atoms with E-state index in [1.54, 1.807) is 0 Å². The van der Waals surface area contributed by atoms with Crippen molar-refractivity contribution in [2.75, 3.05) is 13.2 Å². The highest BCUT2D eigenvalue weighted by Gasteiger charge is 2.39. The fraction of sp³-hybridized carbons (Fsp3) is 1.00. The summed E-state index contributed by atoms with van der Waals surface area (Å²) in [6.07, 6.45) is 1.44. The zero-order chi connectivity index (χ0) is 10.1. The maximum Gasteiger partial charge on any atom is 0.192 e. The minimum atomic E-state index is -1.55. The summed E-state index contributed by atoms with van der Waals surface area (Å²) in [6, 6.07) is 0. The molecule has 1 fully saturated rings. The monoisotopic (exact) mass is 202 g/mol. The second kappa shape index (κ2) is 3.71. The molecule has 3 heteroatoms. The number of rotatable bonds is 2. The molecule has 0 spiro atoms. The van der Waals surface area contributed by atoms with E-state index in [-0.39, 0.29) is 0 Å². The van der Waals surface area contributed by atoms with E-state index in [0.29, 0.717) is 11.1 Å². The van der Waals surface area contributed by atoms with Crippen LogP contribution >= 0.6 is 0 Å². The SMILES string of the molecule is CC(C)(C)[Si](C)(C)O[C@H]1CCOC1. The van der Waals surface area contributed by atoms with E-state index >= 15 is 0 Å². The molecule has 1 atom stereocenters. The molecule has 1 heterocycles. The van der Waals surface area contributed by atoms with Gasteiger partial charge in [0.2, 0.25) is 0 Å². The van der Waals surface area contributed by atoms with Crippen molar-refractivity contribution in [3.63, 3.8) is 0 Å². The van der Waals surface area contributed by atoms with Crippen LogP contribution in [0, 0.1) is 0 Å². The smallest absolute Gasteiger partial charge is 0.192 e. The molecule has 13 heavy (non-hydrogen) atoms. The van der Waals surface area contributed by atoms with Gasteiger partial charge in [0.25, 0.3) is 0 Å². The molecule has 78 valence electrons. The summed E-state index contributed by atoms with van der Waals surface area (Å²) in [7, 11) is -1.55. The summed E-state index contributed by atoms with van der Waals surface area (Å²) in [5, 5.41) is 0.315. The van der Waals surface area contributed by atoms with Crippen LogP contribution in [0.25, 0.3) is 0 Å². The molecular formula is C10H22O2Si. The predicted molar refractivity (Wildman–Crippen MR) is 57.5 cm³/mol. The molecule has 0 amide bonds. The van der Waals surface area contributed by atoms with Crippen LogP contribution < -0.4 is 0 Å². The molecule has 1 saturated heterocycles. The zero-order valence-corrected chi connectivity index (χ0v) is 10.5. The van der Waals surface area contributed by atoms with E-state index in [1.165, 1.54) is 0 Å². The average Bonchev–Trinajstić information content (AvgIpc) is 2.35. The Kier molecular flexibility index (Phi) is 3.20. The Balaban J connectivity index is 2.50. The lowest BCUT2D eigenvalue weighted by atomic mass is 10.2. The first-order valence-electron chi connectivity index (χ1n) is 5.08. The zero-order valence-electron chi connectivity index (χ0n) is 9.52. The van der Waals surface area contributed by atoms with Crippen molar-refractivity contribution in [1.29, 1.82) is 0 Å². The van der Waals surface area contributed by atoms with Crippen molar-refractivity contribution in [2.24, 2.45) is 0 Å². The van der Waals surface area contributed by atoms with Crippen LogP contribution in [0.1, 0.15) is 27.2 Å². The molecule has 1 aliphatic heterocycles. The molecule has 0 saturated carbocycles. The van der Waals surface area contributed by atoms with E-state index in [2.05, 4.69) is 33.9 Å². The Labute approximate surface area is 82.7 Å². The van der Waals surface area contributed by atoms with E-state index in [0.717, 1.165) is 19.6 Å². The molecule has 1 aliphatic rings. The fourth-order valence-corrected chi connectivity index (χ4v) is 2.57. The number of hydrogen-bond acceptors (Lipinski definition) is 2. The Morgan fingerprint density at radius 2 is 1.92 bits per heavy atom. The van der Waals surface area contributed by atoms with Crippen molar-refractivity contribution >= 4 is 8.32 Å². The molecule has 0 aromatic heterocycles. The summed E-state index contributed by atoms with van der Waals surface area (Å²) < 4.78 is 11.5. The Morgan fingerprint density at radius 3 is 2.31 bits per heavy atom. The van der Waals surface area contributed by atoms with Crippen molar-refractivity contribution < 1.29 is 9.16 Å². The molecule has 0 radical (unpaired) electrons. The van der Waals surface area contributed by atoms with Gasteiger partial charge in [-0.15, -0.1) is 0 Å². The minimum absolute atomic E-state index is 0.315. The lowest BCUT2D eigenvalue weighted by Crippen LogP contribution is -2.44. The summed E-state index contributed by atoms with van der Waals surface area (Å²) in [6.45, 7) is 13.1. The highest BCUT2D eigenvalue weighted by atomic mass is 28.4. The van der Waals surface area contributed by atoms with Gasteiger partial charge in [0.1, 0.15) is 0 Å². The first-order chi connectivity index (χ1) is 5.83. The van der Waals surface area contributed by atoms with Gasteiger partial charge in [0, 0.05) is 6.61 Å². The van der Waals surface area contributed by atoms with Gasteiger partial charge in [-0.05, 0) is 24.6 Å². The van der Waals surface area contributed by atoms with Crippen LogP contribution in [0.4, 0.5) is 0 Å². The van der Waals surface area contributed by atoms with Crippen LogP contribution in [-0.2, 0) is 9.16 Å². The van der Waals surface area contributed by atoms with E-state index in [9.17, 15) is 0 Å². The summed E-state index contributed by atoms with van der Waals surface area (Å²) in [5.74, 6) is 0. The maximum atomic E-state index is 6.18. The first kappa shape index (κ1) is 11.2. The molecule has 0 aliphatic carbocycles. The molecule has 0 N–H and O–H groups in total. The second-order valence-electron chi connectivity index (χ2n) is 5.36. The molecular weight excluding hydrogens is 180 g/mol. The summed E-state index contributed by atoms with van der Waals surface area (Å²) in [4.78, 5) is 0. The first-order valence-corrected chi connectivity index (χ1v) is 7.99. The van der Waals surface area contributed by atoms with Gasteiger partial charge in [-0.3, -0.25) is 0 Å². The van der Waals surface area contributed by atoms with Gasteiger partial charge in [-0.25, -0.2) is 0 Å². The van der Waals surface area contributed by atoms with Crippen molar-refractivity contribution in [3.05, 3.63) is 0 Å². The van der Waals surface area contributed by atoms with Gasteiger partial charge >= 0.3 is 0 Å². The van der Waals surface area contributed by atoms with Gasteiger partial charge < -0.3 is 9.16 Å². The molecule has 2 nitrogen and oxygen atoms in total. The van der Waals surface area contributed by atoms with Gasteiger partial charge in [0.15, 0.2) is 8.32 Å². The lowest BCUT2D eigenvalue weighted by molar-refractivity contribution is 0.132. The highest BCUT2D eigenvalue weighted by Crippen LogP contribution is 2.37. The molecule has 0 aromatic carbocycles. The Morgan fingerprint density at radius 1 is 1.31 bits per heavy atom. The molecule has 0 bridgehead atoms. The van der Waals surface area contributed by atoms with Crippen LogP contribution in [-0.4, -0.2) is 27.6 Å². The van der Waals surface area contributed by atoms with Gasteiger partial charge in [0.05, 0.1) is 12.7 Å². The largest absolute Gasteiger partial charge is 0.412 e. The van der Waals surface area contributed by atoms with E-state index < -0.39 is 8.32 Å². The van der Waals surface area contributed by atoms with Gasteiger partial charge in [-0.1, -0.05) is 20.8 Å². The summed E-state index contributed by atoms with van der Waals surface area (Å²) >= 11 is 0. The standard InChI is InChI=1S/C10H22O2Si/c1-10(2,3)13(4,5)12-9-6-7-11-8-9/h9H,6-8H2,1-5H3/t9-/m0/s1. The molecule has 0 aromatic rings. The minimum Gasteiger partial charge on any atom is -0.412 e. The molecule has 1 rings (SSSR count). The third-order valence-corrected chi connectivity index (χ3v) is 7.69. The highest BCUT2D eigenvalue weighted by molar-refractivity contribution is 6.74. The van der Waals surface area contributed by atoms with Gasteiger partial charge in [-0.2, -0.15) is 0 Å². The normalized spacial score (nSPS) is 25.2. The van der Waals surface area contributed by atoms with Crippen molar-refractivity contribution in [1.82, 2.24) is 0 Å². The van der Waals surface area contributed by atoms with Crippen LogP contribution in [0.15, 0.2) is 0 Å². The topological polar surface area (TPSA) is 18.5 Å². The van der Waals surface area contributed by atoms with Crippen LogP contribution in [0.2, 0.25) is 18.1 Å². The third kappa shape index (κ3) is 2.79. The molecule has 0 unspecified atom stereocenters. The number of hydrogen-bond donors (Lipinski definition) is 0. The van der Waals surface area contributed by atoms with Crippen molar-refractivity contribution in [3.8, 4) is 0 Å². The fourth-order valence-electron chi connectivity index (χ4n) is 1.20. The van der Waals surface area contributed by atoms with Crippen molar-refractivity contribution in [2.45, 2.75) is 51.4 Å². The summed E-state index contributed by atoms with van der Waals surface area (Å²) in [5.41, 5.74) is 0. The predicted octanol–water partition coefficient (Wildman–Crippen LogP) is 2.80. The third-order valence-electron chi connectivity index (χ3n) is 3.16. The Hall–Kier alpha value is 0.137. The van der Waals surface area contributed by atoms with Crippen LogP contribution in [0.5, 0.6) is 0 Å². The second-order valence-corrected chi connectivity index (χ2v) is 10.1. The van der Waals surface area contributed by atoms with Crippen LogP contribution in [0.3, 0.4) is 0 Å². The number of ether oxygens (including phenoxy) is 1. The Bertz CT molecular complexity index is 166. The van der Waals surface area contributed by atoms with E-state index in [1.807, 2.05) is 0 Å². The quantitative estimate of drug-likeness (QED) is 0.641. The average molecular weight is 202 g/mol. The maximum absolute atomic E-state index is 6.18.